The van der Waals surface area contributed by atoms with E-state index in [-0.39, 0.29) is 18.4 Å². The molecule has 0 unspecified atom stereocenters. The van der Waals surface area contributed by atoms with Crippen LogP contribution in [0.25, 0.3) is 0 Å². The molecule has 0 saturated heterocycles. The van der Waals surface area contributed by atoms with Crippen molar-refractivity contribution in [2.45, 2.75) is 45.1 Å². The molecule has 1 aliphatic heterocycles. The highest BCUT2D eigenvalue weighted by molar-refractivity contribution is 5.95. The topological polar surface area (TPSA) is 126 Å². The van der Waals surface area contributed by atoms with Crippen molar-refractivity contribution in [3.63, 3.8) is 0 Å². The monoisotopic (exact) mass is 598 g/mol. The number of hydrogen-bond donors (Lipinski definition) is 3. The first-order valence-corrected chi connectivity index (χ1v) is 14.7. The van der Waals surface area contributed by atoms with Gasteiger partial charge < -0.3 is 34.5 Å². The van der Waals surface area contributed by atoms with Crippen LogP contribution >= 0.6 is 0 Å². The maximum absolute atomic E-state index is 13.0. The number of fused-ring (bicyclic) bond motifs is 1. The number of nitrogens with one attached hydrogen (secondary N) is 2. The molecule has 5 rings (SSSR count). The van der Waals surface area contributed by atoms with Gasteiger partial charge in [0.2, 0.25) is 0 Å². The number of oxazole rings is 1. The molecule has 230 valence electrons. The molecule has 0 fully saturated rings. The van der Waals surface area contributed by atoms with Gasteiger partial charge in [0.1, 0.15) is 18.1 Å². The smallest absolute Gasteiger partial charge is 0.254 e. The van der Waals surface area contributed by atoms with Crippen molar-refractivity contribution in [2.75, 3.05) is 27.2 Å². The minimum atomic E-state index is -0.695. The third kappa shape index (κ3) is 7.83. The Morgan fingerprint density at radius 1 is 1.02 bits per heavy atom. The molecule has 0 bridgehead atoms. The van der Waals surface area contributed by atoms with Crippen LogP contribution in [-0.2, 0) is 32.5 Å². The predicted octanol–water partition coefficient (Wildman–Crippen LogP) is 3.90. The van der Waals surface area contributed by atoms with Gasteiger partial charge in [0.25, 0.3) is 11.8 Å². The highest BCUT2D eigenvalue weighted by Gasteiger charge is 2.23. The first kappa shape index (κ1) is 30.8. The third-order valence-electron chi connectivity index (χ3n) is 7.76. The van der Waals surface area contributed by atoms with E-state index in [4.69, 9.17) is 13.9 Å². The van der Waals surface area contributed by atoms with E-state index in [1.807, 2.05) is 42.3 Å². The van der Waals surface area contributed by atoms with E-state index in [0.717, 1.165) is 28.0 Å². The van der Waals surface area contributed by atoms with Crippen molar-refractivity contribution in [1.82, 2.24) is 20.5 Å². The summed E-state index contributed by atoms with van der Waals surface area (Å²) in [5.41, 5.74) is 5.43. The fourth-order valence-electron chi connectivity index (χ4n) is 5.28. The summed E-state index contributed by atoms with van der Waals surface area (Å²) in [6.45, 7) is 2.17. The van der Waals surface area contributed by atoms with E-state index in [2.05, 4.69) is 15.6 Å². The molecular weight excluding hydrogens is 560 g/mol. The maximum atomic E-state index is 13.0. The highest BCUT2D eigenvalue weighted by Crippen LogP contribution is 2.24. The van der Waals surface area contributed by atoms with Crippen LogP contribution in [0.5, 0.6) is 11.5 Å². The number of methoxy groups -OCH3 is 1. The Bertz CT molecular complexity index is 1550. The number of carbonyl (C=O) groups is 2. The highest BCUT2D eigenvalue weighted by atomic mass is 16.5. The second-order valence-electron chi connectivity index (χ2n) is 10.8. The van der Waals surface area contributed by atoms with Crippen molar-refractivity contribution < 1.29 is 28.6 Å². The molecule has 1 aromatic heterocycles. The zero-order valence-electron chi connectivity index (χ0n) is 25.0. The van der Waals surface area contributed by atoms with E-state index in [9.17, 15) is 14.7 Å². The van der Waals surface area contributed by atoms with E-state index in [0.29, 0.717) is 68.1 Å². The van der Waals surface area contributed by atoms with Crippen molar-refractivity contribution >= 4 is 11.8 Å². The normalized spacial score (nSPS) is 13.2. The molecular formula is C34H38N4O6. The number of rotatable bonds is 13. The number of aromatic nitrogens is 1. The largest absolute Gasteiger partial charge is 0.497 e. The van der Waals surface area contributed by atoms with Crippen LogP contribution in [-0.4, -0.2) is 60.2 Å². The molecule has 0 saturated carbocycles. The number of nitrogens with zero attached hydrogens (tertiary/aromatic N) is 2. The Hall–Kier alpha value is -4.67. The average molecular weight is 599 g/mol. The molecule has 10 heteroatoms. The lowest BCUT2D eigenvalue weighted by Crippen LogP contribution is -2.36. The number of aliphatic hydroxyl groups excluding tert-OH is 1. The summed E-state index contributed by atoms with van der Waals surface area (Å²) in [5, 5.41) is 16.7. The summed E-state index contributed by atoms with van der Waals surface area (Å²) in [7, 11) is 3.48. The number of aliphatic hydroxyl groups is 1. The molecule has 44 heavy (non-hydrogen) atoms. The Morgan fingerprint density at radius 3 is 2.57 bits per heavy atom. The Labute approximate surface area is 257 Å². The lowest BCUT2D eigenvalue weighted by molar-refractivity contribution is 0.0734. The SMILES string of the molecule is CNCc1cc(OCc2cnco2)ccc1CC[C@H](O)CNC(=O)c1ccc2c(c1)CCN(C(=O)c1ccc(OC)cc1)C2. The van der Waals surface area contributed by atoms with Gasteiger partial charge in [0.15, 0.2) is 12.2 Å². The summed E-state index contributed by atoms with van der Waals surface area (Å²) < 4.78 is 16.2. The predicted molar refractivity (Wildman–Crippen MR) is 165 cm³/mol. The fourth-order valence-corrected chi connectivity index (χ4v) is 5.28. The quantitative estimate of drug-likeness (QED) is 0.212. The number of benzene rings is 3. The van der Waals surface area contributed by atoms with Crippen molar-refractivity contribution in [3.05, 3.63) is 112 Å². The van der Waals surface area contributed by atoms with Gasteiger partial charge in [0.05, 0.1) is 19.4 Å². The van der Waals surface area contributed by atoms with Gasteiger partial charge in [0, 0.05) is 37.3 Å². The van der Waals surface area contributed by atoms with Gasteiger partial charge >= 0.3 is 0 Å². The molecule has 0 radical (unpaired) electrons. The van der Waals surface area contributed by atoms with Crippen LogP contribution < -0.4 is 20.1 Å². The van der Waals surface area contributed by atoms with Crippen molar-refractivity contribution in [3.8, 4) is 11.5 Å². The third-order valence-corrected chi connectivity index (χ3v) is 7.76. The van der Waals surface area contributed by atoms with Crippen LogP contribution in [0.4, 0.5) is 0 Å². The molecule has 2 heterocycles. The van der Waals surface area contributed by atoms with Crippen molar-refractivity contribution in [1.29, 1.82) is 0 Å². The number of aryl methyl sites for hydroxylation is 1. The molecule has 2 amide bonds. The number of carbonyl (C=O) groups excluding carboxylic acids is 2. The van der Waals surface area contributed by atoms with Crippen LogP contribution in [0.15, 0.2) is 77.7 Å². The Kier molecular flexibility index (Phi) is 10.3. The van der Waals surface area contributed by atoms with E-state index in [1.54, 1.807) is 43.6 Å². The lowest BCUT2D eigenvalue weighted by atomic mass is 9.96. The standard InChI is InChI=1S/C34H38N4O6/c1-35-17-28-16-31(43-21-32-19-36-22-44-32)12-6-23(28)5-9-29(39)18-37-33(40)26-3-4-27-20-38(14-13-25(27)15-26)34(41)24-7-10-30(42-2)11-8-24/h3-4,6-8,10-12,15-16,19,22,29,35,39H,5,9,13-14,17-18,20-21H2,1-2H3,(H,37,40)/t29-/m0/s1. The van der Waals surface area contributed by atoms with Gasteiger partial charge in [-0.3, -0.25) is 9.59 Å². The Balaban J connectivity index is 1.10. The molecule has 0 spiro atoms. The summed E-state index contributed by atoms with van der Waals surface area (Å²) in [4.78, 5) is 31.6. The summed E-state index contributed by atoms with van der Waals surface area (Å²) in [5.74, 6) is 1.82. The maximum Gasteiger partial charge on any atom is 0.254 e. The zero-order valence-corrected chi connectivity index (χ0v) is 25.0. The van der Waals surface area contributed by atoms with Gasteiger partial charge in [-0.1, -0.05) is 12.1 Å². The minimum Gasteiger partial charge on any atom is -0.497 e. The minimum absolute atomic E-state index is 0.0284. The lowest BCUT2D eigenvalue weighted by Gasteiger charge is -2.29. The Morgan fingerprint density at radius 2 is 1.82 bits per heavy atom. The van der Waals surface area contributed by atoms with E-state index >= 15 is 0 Å². The molecule has 1 aliphatic rings. The zero-order chi connectivity index (χ0) is 30.9. The molecule has 1 atom stereocenters. The average Bonchev–Trinajstić information content (AvgIpc) is 3.59. The summed E-state index contributed by atoms with van der Waals surface area (Å²) in [6.07, 6.45) is 4.12. The molecule has 10 nitrogen and oxygen atoms in total. The molecule has 3 N–H and O–H groups in total. The van der Waals surface area contributed by atoms with Gasteiger partial charge in [-0.2, -0.15) is 0 Å². The van der Waals surface area contributed by atoms with Gasteiger partial charge in [-0.15, -0.1) is 0 Å². The van der Waals surface area contributed by atoms with E-state index < -0.39 is 6.10 Å². The number of hydrogen-bond acceptors (Lipinski definition) is 8. The molecule has 4 aromatic rings. The van der Waals surface area contributed by atoms with Crippen LogP contribution in [0.1, 0.15) is 55.2 Å². The summed E-state index contributed by atoms with van der Waals surface area (Å²) in [6, 6.07) is 18.6. The molecule has 3 aromatic carbocycles. The van der Waals surface area contributed by atoms with Gasteiger partial charge in [-0.25, -0.2) is 4.98 Å². The summed E-state index contributed by atoms with van der Waals surface area (Å²) >= 11 is 0. The molecule has 0 aliphatic carbocycles. The first-order valence-electron chi connectivity index (χ1n) is 14.7. The van der Waals surface area contributed by atoms with Crippen LogP contribution in [0.3, 0.4) is 0 Å². The second-order valence-corrected chi connectivity index (χ2v) is 10.8. The fraction of sp³-hybridized carbons (Fsp3) is 0.324. The first-order chi connectivity index (χ1) is 21.4. The van der Waals surface area contributed by atoms with E-state index in [1.165, 1.54) is 6.39 Å². The number of ether oxygens (including phenoxy) is 2. The number of amides is 2. The van der Waals surface area contributed by atoms with Crippen LogP contribution in [0.2, 0.25) is 0 Å². The van der Waals surface area contributed by atoms with Crippen LogP contribution in [0, 0.1) is 0 Å². The second kappa shape index (κ2) is 14.7. The van der Waals surface area contributed by atoms with Gasteiger partial charge in [-0.05, 0) is 97.1 Å². The van der Waals surface area contributed by atoms with Crippen molar-refractivity contribution in [2.24, 2.45) is 0 Å².